The molecule has 1 saturated carbocycles. The number of aliphatic carboxylic acids is 1. The van der Waals surface area contributed by atoms with Crippen molar-refractivity contribution in [2.75, 3.05) is 6.61 Å². The Hall–Kier alpha value is -1.03. The first-order chi connectivity index (χ1) is 8.62. The monoisotopic (exact) mass is 312 g/mol. The van der Waals surface area contributed by atoms with Crippen LogP contribution in [-0.2, 0) is 4.79 Å². The first-order valence-corrected chi connectivity index (χ1v) is 7.03. The van der Waals surface area contributed by atoms with Crippen LogP contribution in [0.5, 0.6) is 5.75 Å². The van der Waals surface area contributed by atoms with Gasteiger partial charge < -0.3 is 9.84 Å². The zero-order valence-corrected chi connectivity index (χ0v) is 11.8. The maximum absolute atomic E-state index is 11.4. The van der Waals surface area contributed by atoms with E-state index in [-0.39, 0.29) is 0 Å². The maximum atomic E-state index is 11.4. The van der Waals surface area contributed by atoms with Crippen LogP contribution in [0.3, 0.4) is 0 Å². The van der Waals surface area contributed by atoms with Gasteiger partial charge in [-0.15, -0.1) is 0 Å². The van der Waals surface area contributed by atoms with E-state index >= 15 is 0 Å². The molecule has 0 unspecified atom stereocenters. The van der Waals surface area contributed by atoms with Gasteiger partial charge in [0.05, 0.1) is 12.0 Å². The number of ether oxygens (including phenoxy) is 1. The van der Waals surface area contributed by atoms with Crippen molar-refractivity contribution in [2.24, 2.45) is 5.41 Å². The molecule has 0 aliphatic heterocycles. The second kappa shape index (κ2) is 5.74. The standard InChI is InChI=1S/C14H17BrO3/c15-11-4-3-5-12(10-11)18-9-8-14(13(16)17)6-1-2-7-14/h3-5,10H,1-2,6-9H2,(H,16,17). The highest BCUT2D eigenvalue weighted by Gasteiger charge is 2.40. The molecule has 0 radical (unpaired) electrons. The van der Waals surface area contributed by atoms with Crippen molar-refractivity contribution in [1.82, 2.24) is 0 Å². The summed E-state index contributed by atoms with van der Waals surface area (Å²) in [7, 11) is 0. The molecule has 1 fully saturated rings. The first-order valence-electron chi connectivity index (χ1n) is 6.24. The Bertz CT molecular complexity index is 425. The molecule has 1 aliphatic carbocycles. The lowest BCUT2D eigenvalue weighted by atomic mass is 9.83. The molecule has 4 heteroatoms. The molecular weight excluding hydrogens is 296 g/mol. The highest BCUT2D eigenvalue weighted by Crippen LogP contribution is 2.41. The lowest BCUT2D eigenvalue weighted by molar-refractivity contribution is -0.149. The van der Waals surface area contributed by atoms with E-state index in [0.29, 0.717) is 13.0 Å². The second-order valence-corrected chi connectivity index (χ2v) is 5.76. The summed E-state index contributed by atoms with van der Waals surface area (Å²) in [6, 6.07) is 7.61. The predicted molar refractivity (Wildman–Crippen MR) is 72.8 cm³/mol. The summed E-state index contributed by atoms with van der Waals surface area (Å²) >= 11 is 3.38. The number of benzene rings is 1. The van der Waals surface area contributed by atoms with Gasteiger partial charge in [-0.25, -0.2) is 0 Å². The molecule has 3 nitrogen and oxygen atoms in total. The van der Waals surface area contributed by atoms with Gasteiger partial charge in [0.15, 0.2) is 0 Å². The molecule has 2 rings (SSSR count). The number of hydrogen-bond acceptors (Lipinski definition) is 2. The third-order valence-corrected chi connectivity index (χ3v) is 4.15. The van der Waals surface area contributed by atoms with Crippen molar-refractivity contribution in [3.8, 4) is 5.75 Å². The predicted octanol–water partition coefficient (Wildman–Crippen LogP) is 3.86. The van der Waals surface area contributed by atoms with Crippen LogP contribution in [0.4, 0.5) is 0 Å². The van der Waals surface area contributed by atoms with Crippen LogP contribution in [0.15, 0.2) is 28.7 Å². The minimum atomic E-state index is -0.669. The number of carbonyl (C=O) groups is 1. The van der Waals surface area contributed by atoms with Crippen molar-refractivity contribution in [3.63, 3.8) is 0 Å². The Morgan fingerprint density at radius 2 is 2.11 bits per heavy atom. The molecule has 0 atom stereocenters. The van der Waals surface area contributed by atoms with E-state index in [4.69, 9.17) is 4.74 Å². The van der Waals surface area contributed by atoms with E-state index in [1.54, 1.807) is 0 Å². The maximum Gasteiger partial charge on any atom is 0.309 e. The molecule has 0 bridgehead atoms. The van der Waals surface area contributed by atoms with E-state index in [0.717, 1.165) is 35.9 Å². The van der Waals surface area contributed by atoms with Gasteiger partial charge in [-0.1, -0.05) is 34.8 Å². The number of rotatable bonds is 5. The van der Waals surface area contributed by atoms with E-state index in [9.17, 15) is 9.90 Å². The van der Waals surface area contributed by atoms with Crippen LogP contribution in [0.25, 0.3) is 0 Å². The average Bonchev–Trinajstić information content (AvgIpc) is 2.79. The van der Waals surface area contributed by atoms with E-state index in [1.165, 1.54) is 0 Å². The molecule has 0 amide bonds. The SMILES string of the molecule is O=C(O)C1(CCOc2cccc(Br)c2)CCCC1. The number of halogens is 1. The normalized spacial score (nSPS) is 17.6. The van der Waals surface area contributed by atoms with Gasteiger partial charge in [-0.2, -0.15) is 0 Å². The summed E-state index contributed by atoms with van der Waals surface area (Å²) in [5.41, 5.74) is -0.550. The van der Waals surface area contributed by atoms with Crippen molar-refractivity contribution < 1.29 is 14.6 Å². The Kier molecular flexibility index (Phi) is 4.27. The number of carboxylic acid groups (broad SMARTS) is 1. The Labute approximate surface area is 115 Å². The van der Waals surface area contributed by atoms with Gasteiger partial charge in [0, 0.05) is 4.47 Å². The van der Waals surface area contributed by atoms with E-state index in [2.05, 4.69) is 15.9 Å². The third-order valence-electron chi connectivity index (χ3n) is 3.66. The summed E-state index contributed by atoms with van der Waals surface area (Å²) < 4.78 is 6.60. The number of hydrogen-bond donors (Lipinski definition) is 1. The van der Waals surface area contributed by atoms with Gasteiger partial charge in [0.1, 0.15) is 5.75 Å². The average molecular weight is 313 g/mol. The lowest BCUT2D eigenvalue weighted by Crippen LogP contribution is -2.29. The van der Waals surface area contributed by atoms with Crippen molar-refractivity contribution in [2.45, 2.75) is 32.1 Å². The Morgan fingerprint density at radius 1 is 1.39 bits per heavy atom. The highest BCUT2D eigenvalue weighted by atomic mass is 79.9. The topological polar surface area (TPSA) is 46.5 Å². The van der Waals surface area contributed by atoms with Crippen LogP contribution in [-0.4, -0.2) is 17.7 Å². The molecule has 1 N–H and O–H groups in total. The summed E-state index contributed by atoms with van der Waals surface area (Å²) in [5, 5.41) is 9.34. The van der Waals surface area contributed by atoms with E-state index < -0.39 is 11.4 Å². The third kappa shape index (κ3) is 3.05. The molecule has 1 aromatic carbocycles. The molecule has 0 spiro atoms. The van der Waals surface area contributed by atoms with E-state index in [1.807, 2.05) is 24.3 Å². The van der Waals surface area contributed by atoms with Crippen LogP contribution in [0, 0.1) is 5.41 Å². The van der Waals surface area contributed by atoms with Crippen LogP contribution < -0.4 is 4.74 Å². The van der Waals surface area contributed by atoms with Gasteiger partial charge in [0.2, 0.25) is 0 Å². The molecular formula is C14H17BrO3. The van der Waals surface area contributed by atoms with Crippen molar-refractivity contribution in [3.05, 3.63) is 28.7 Å². The summed E-state index contributed by atoms with van der Waals surface area (Å²) in [4.78, 5) is 11.4. The summed E-state index contributed by atoms with van der Waals surface area (Å²) in [6.45, 7) is 0.461. The van der Waals surface area contributed by atoms with Gasteiger partial charge >= 0.3 is 5.97 Å². The molecule has 0 heterocycles. The Morgan fingerprint density at radius 3 is 2.72 bits per heavy atom. The van der Waals surface area contributed by atoms with Crippen LogP contribution >= 0.6 is 15.9 Å². The fourth-order valence-electron chi connectivity index (χ4n) is 2.54. The number of carboxylic acids is 1. The molecule has 0 saturated heterocycles. The molecule has 1 aliphatic rings. The summed E-state index contributed by atoms with van der Waals surface area (Å²) in [5.74, 6) is 0.112. The quantitative estimate of drug-likeness (QED) is 0.898. The van der Waals surface area contributed by atoms with Crippen LogP contribution in [0.1, 0.15) is 32.1 Å². The minimum absolute atomic E-state index is 0.461. The van der Waals surface area contributed by atoms with Crippen molar-refractivity contribution >= 4 is 21.9 Å². The Balaban J connectivity index is 1.89. The molecule has 98 valence electrons. The fraction of sp³-hybridized carbons (Fsp3) is 0.500. The van der Waals surface area contributed by atoms with Gasteiger partial charge in [0.25, 0.3) is 0 Å². The van der Waals surface area contributed by atoms with Crippen molar-refractivity contribution in [1.29, 1.82) is 0 Å². The van der Waals surface area contributed by atoms with Gasteiger partial charge in [-0.3, -0.25) is 4.79 Å². The minimum Gasteiger partial charge on any atom is -0.494 e. The van der Waals surface area contributed by atoms with Crippen LogP contribution in [0.2, 0.25) is 0 Å². The highest BCUT2D eigenvalue weighted by molar-refractivity contribution is 9.10. The smallest absolute Gasteiger partial charge is 0.309 e. The largest absolute Gasteiger partial charge is 0.494 e. The molecule has 18 heavy (non-hydrogen) atoms. The first kappa shape index (κ1) is 13.4. The second-order valence-electron chi connectivity index (χ2n) is 4.85. The lowest BCUT2D eigenvalue weighted by Gasteiger charge is -2.23. The van der Waals surface area contributed by atoms with Gasteiger partial charge in [-0.05, 0) is 37.5 Å². The molecule has 1 aromatic rings. The molecule has 0 aromatic heterocycles. The fourth-order valence-corrected chi connectivity index (χ4v) is 2.92. The zero-order valence-electron chi connectivity index (χ0n) is 10.2. The summed E-state index contributed by atoms with van der Waals surface area (Å²) in [6.07, 6.45) is 4.19. The zero-order chi connectivity index (χ0) is 13.0.